The van der Waals surface area contributed by atoms with Crippen molar-refractivity contribution in [2.75, 3.05) is 11.9 Å². The standard InChI is InChI=1S/C26H35N3O4/c30-22-16-15-21(24(31)28-22)29-25(32)19-13-9-14-20(23(19)26(29)33)27-17-8-4-3-7-12-18-10-5-1-2-6-11-18/h9,13-14,18,21,27H,1-8,10-12,15-17H2,(H,28,30,31). The smallest absolute Gasteiger partial charge is 0.264 e. The fraction of sp³-hybridized carbons (Fsp3) is 0.615. The van der Waals surface area contributed by atoms with Crippen LogP contribution in [0.1, 0.15) is 104 Å². The molecule has 7 heteroatoms. The van der Waals surface area contributed by atoms with Crippen LogP contribution in [0.5, 0.6) is 0 Å². The summed E-state index contributed by atoms with van der Waals surface area (Å²) >= 11 is 0. The molecular formula is C26H35N3O4. The first-order valence-electron chi connectivity index (χ1n) is 12.6. The molecule has 2 aliphatic heterocycles. The minimum atomic E-state index is -0.934. The fourth-order valence-corrected chi connectivity index (χ4v) is 5.45. The second-order valence-corrected chi connectivity index (χ2v) is 9.66. The van der Waals surface area contributed by atoms with Crippen molar-refractivity contribution in [1.29, 1.82) is 0 Å². The number of carbonyl (C=O) groups is 4. The van der Waals surface area contributed by atoms with Gasteiger partial charge in [-0.2, -0.15) is 0 Å². The van der Waals surface area contributed by atoms with Crippen molar-refractivity contribution in [2.24, 2.45) is 5.92 Å². The second-order valence-electron chi connectivity index (χ2n) is 9.66. The molecule has 1 aromatic rings. The number of hydrogen-bond acceptors (Lipinski definition) is 5. The molecule has 1 saturated heterocycles. The van der Waals surface area contributed by atoms with Gasteiger partial charge < -0.3 is 5.32 Å². The van der Waals surface area contributed by atoms with Crippen LogP contribution in [0, 0.1) is 5.92 Å². The Hall–Kier alpha value is -2.70. The molecule has 0 radical (unpaired) electrons. The maximum atomic E-state index is 13.1. The Morgan fingerprint density at radius 1 is 0.879 bits per heavy atom. The summed E-state index contributed by atoms with van der Waals surface area (Å²) in [5.74, 6) is -0.959. The quantitative estimate of drug-likeness (QED) is 0.328. The summed E-state index contributed by atoms with van der Waals surface area (Å²) < 4.78 is 0. The van der Waals surface area contributed by atoms with Gasteiger partial charge in [0, 0.05) is 18.7 Å². The summed E-state index contributed by atoms with van der Waals surface area (Å²) in [6.45, 7) is 0.736. The number of benzene rings is 1. The van der Waals surface area contributed by atoms with Crippen LogP contribution >= 0.6 is 0 Å². The zero-order chi connectivity index (χ0) is 23.2. The van der Waals surface area contributed by atoms with Crippen molar-refractivity contribution in [2.45, 2.75) is 89.5 Å². The molecule has 3 aliphatic rings. The van der Waals surface area contributed by atoms with Crippen LogP contribution in [0.15, 0.2) is 18.2 Å². The Labute approximate surface area is 195 Å². The molecule has 178 valence electrons. The molecule has 0 bridgehead atoms. The molecule has 2 fully saturated rings. The molecule has 2 N–H and O–H groups in total. The van der Waals surface area contributed by atoms with Gasteiger partial charge >= 0.3 is 0 Å². The first kappa shape index (κ1) is 23.5. The van der Waals surface area contributed by atoms with Gasteiger partial charge in [-0.25, -0.2) is 0 Å². The van der Waals surface area contributed by atoms with Gasteiger partial charge in [0.1, 0.15) is 6.04 Å². The number of piperidine rings is 1. The number of hydrogen-bond donors (Lipinski definition) is 2. The predicted molar refractivity (Wildman–Crippen MR) is 126 cm³/mol. The van der Waals surface area contributed by atoms with Gasteiger partial charge in [0.2, 0.25) is 11.8 Å². The third-order valence-electron chi connectivity index (χ3n) is 7.30. The van der Waals surface area contributed by atoms with Gasteiger partial charge in [-0.05, 0) is 30.9 Å². The number of unbranched alkanes of at least 4 members (excludes halogenated alkanes) is 3. The van der Waals surface area contributed by atoms with Gasteiger partial charge in [0.25, 0.3) is 11.8 Å². The lowest BCUT2D eigenvalue weighted by molar-refractivity contribution is -0.136. The summed E-state index contributed by atoms with van der Waals surface area (Å²) in [6, 6.07) is 4.26. The lowest BCUT2D eigenvalue weighted by Crippen LogP contribution is -2.54. The number of carbonyl (C=O) groups excluding carboxylic acids is 4. The zero-order valence-corrected chi connectivity index (χ0v) is 19.4. The molecule has 1 unspecified atom stereocenters. The van der Waals surface area contributed by atoms with Crippen LogP contribution in [0.3, 0.4) is 0 Å². The number of anilines is 1. The van der Waals surface area contributed by atoms with Crippen LogP contribution in [-0.4, -0.2) is 41.1 Å². The molecule has 7 nitrogen and oxygen atoms in total. The van der Waals surface area contributed by atoms with Crippen molar-refractivity contribution >= 4 is 29.3 Å². The van der Waals surface area contributed by atoms with E-state index in [1.54, 1.807) is 12.1 Å². The molecular weight excluding hydrogens is 418 g/mol. The normalized spacial score (nSPS) is 21.7. The van der Waals surface area contributed by atoms with Crippen LogP contribution in [-0.2, 0) is 9.59 Å². The SMILES string of the molecule is O=C1CCC(N2C(=O)c3cccc(NCCCCCCC4CCCCCC4)c3C2=O)C(=O)N1. The number of nitrogens with zero attached hydrogens (tertiary/aromatic N) is 1. The first-order chi connectivity index (χ1) is 16.1. The Kier molecular flexibility index (Phi) is 7.78. The highest BCUT2D eigenvalue weighted by Crippen LogP contribution is 2.32. The summed E-state index contributed by atoms with van der Waals surface area (Å²) in [7, 11) is 0. The van der Waals surface area contributed by atoms with Crippen molar-refractivity contribution in [3.63, 3.8) is 0 Å². The monoisotopic (exact) mass is 453 g/mol. The third-order valence-corrected chi connectivity index (χ3v) is 7.30. The lowest BCUT2D eigenvalue weighted by Gasteiger charge is -2.27. The van der Waals surface area contributed by atoms with E-state index in [9.17, 15) is 19.2 Å². The maximum absolute atomic E-state index is 13.1. The summed E-state index contributed by atoms with van der Waals surface area (Å²) in [6.07, 6.45) is 14.7. The zero-order valence-electron chi connectivity index (χ0n) is 19.4. The Morgan fingerprint density at radius 3 is 2.39 bits per heavy atom. The van der Waals surface area contributed by atoms with E-state index in [1.165, 1.54) is 57.8 Å². The highest BCUT2D eigenvalue weighted by molar-refractivity contribution is 6.25. The minimum Gasteiger partial charge on any atom is -0.384 e. The van der Waals surface area contributed by atoms with Crippen molar-refractivity contribution in [3.05, 3.63) is 29.3 Å². The van der Waals surface area contributed by atoms with E-state index in [1.807, 2.05) is 6.07 Å². The molecule has 4 amide bonds. The van der Waals surface area contributed by atoms with E-state index in [-0.39, 0.29) is 18.7 Å². The maximum Gasteiger partial charge on any atom is 0.264 e. The van der Waals surface area contributed by atoms with Gasteiger partial charge in [0.05, 0.1) is 11.1 Å². The molecule has 1 aliphatic carbocycles. The van der Waals surface area contributed by atoms with Crippen LogP contribution in [0.25, 0.3) is 0 Å². The molecule has 1 atom stereocenters. The average molecular weight is 454 g/mol. The van der Waals surface area contributed by atoms with E-state index >= 15 is 0 Å². The highest BCUT2D eigenvalue weighted by atomic mass is 16.2. The lowest BCUT2D eigenvalue weighted by atomic mass is 9.94. The predicted octanol–water partition coefficient (Wildman–Crippen LogP) is 4.42. The Morgan fingerprint density at radius 2 is 1.64 bits per heavy atom. The molecule has 2 heterocycles. The van der Waals surface area contributed by atoms with Crippen molar-refractivity contribution in [1.82, 2.24) is 10.2 Å². The number of imide groups is 2. The Bertz CT molecular complexity index is 905. The van der Waals surface area contributed by atoms with E-state index in [0.29, 0.717) is 16.8 Å². The van der Waals surface area contributed by atoms with Gasteiger partial charge in [-0.3, -0.25) is 29.4 Å². The van der Waals surface area contributed by atoms with Crippen molar-refractivity contribution < 1.29 is 19.2 Å². The third kappa shape index (κ3) is 5.45. The topological polar surface area (TPSA) is 95.6 Å². The fourth-order valence-electron chi connectivity index (χ4n) is 5.45. The average Bonchev–Trinajstić information content (AvgIpc) is 2.96. The van der Waals surface area contributed by atoms with E-state index in [4.69, 9.17) is 0 Å². The summed E-state index contributed by atoms with van der Waals surface area (Å²) in [5.41, 5.74) is 1.29. The van der Waals surface area contributed by atoms with Crippen LogP contribution < -0.4 is 10.6 Å². The second kappa shape index (κ2) is 10.9. The summed E-state index contributed by atoms with van der Waals surface area (Å²) in [5, 5.41) is 5.56. The molecule has 33 heavy (non-hydrogen) atoms. The molecule has 4 rings (SSSR count). The van der Waals surface area contributed by atoms with Gasteiger partial charge in [0.15, 0.2) is 0 Å². The molecule has 1 aromatic carbocycles. The number of amides is 4. The largest absolute Gasteiger partial charge is 0.384 e. The minimum absolute atomic E-state index is 0.121. The first-order valence-corrected chi connectivity index (χ1v) is 12.6. The van der Waals surface area contributed by atoms with E-state index in [0.717, 1.165) is 30.2 Å². The number of nitrogens with one attached hydrogen (secondary N) is 2. The highest BCUT2D eigenvalue weighted by Gasteiger charge is 2.45. The molecule has 0 spiro atoms. The Balaban J connectivity index is 1.26. The van der Waals surface area contributed by atoms with Crippen molar-refractivity contribution in [3.8, 4) is 0 Å². The van der Waals surface area contributed by atoms with E-state index in [2.05, 4.69) is 10.6 Å². The van der Waals surface area contributed by atoms with Crippen LogP contribution in [0.4, 0.5) is 5.69 Å². The molecule has 0 aromatic heterocycles. The number of fused-ring (bicyclic) bond motifs is 1. The van der Waals surface area contributed by atoms with Gasteiger partial charge in [-0.15, -0.1) is 0 Å². The molecule has 1 saturated carbocycles. The number of rotatable bonds is 9. The van der Waals surface area contributed by atoms with Crippen LogP contribution in [0.2, 0.25) is 0 Å². The van der Waals surface area contributed by atoms with Gasteiger partial charge in [-0.1, -0.05) is 70.3 Å². The van der Waals surface area contributed by atoms with E-state index < -0.39 is 23.8 Å². The summed E-state index contributed by atoms with van der Waals surface area (Å²) in [4.78, 5) is 50.7.